The number of carbonyl (C=O) groups is 2. The molecule has 2 N–H and O–H groups in total. The van der Waals surface area contributed by atoms with Crippen LogP contribution in [0.4, 0.5) is 13.2 Å². The van der Waals surface area contributed by atoms with Crippen LogP contribution >= 0.6 is 0 Å². The minimum atomic E-state index is -4.76. The Kier molecular flexibility index (Phi) is 3.56. The predicted molar refractivity (Wildman–Crippen MR) is 66.7 cm³/mol. The standard InChI is InChI=1S/C13H14F3N3O4/c14-13(15,16)10-18-8(19-23-10)5-17-9(20)12(11(21)22)4-6-1-2-7(12)3-6/h6-7H,1-5H2,(H,17,20)(H,21,22). The molecule has 23 heavy (non-hydrogen) atoms. The van der Waals surface area contributed by atoms with Crippen molar-refractivity contribution in [3.05, 3.63) is 11.7 Å². The third kappa shape index (κ3) is 2.55. The highest BCUT2D eigenvalue weighted by atomic mass is 19.4. The summed E-state index contributed by atoms with van der Waals surface area (Å²) in [4.78, 5) is 27.1. The minimum absolute atomic E-state index is 0.212. The second-order valence-electron chi connectivity index (χ2n) is 6.05. The molecule has 2 aliphatic carbocycles. The number of hydrogen-bond donors (Lipinski definition) is 2. The number of amides is 1. The highest BCUT2D eigenvalue weighted by Gasteiger charge is 2.60. The number of alkyl halides is 3. The summed E-state index contributed by atoms with van der Waals surface area (Å²) in [6, 6.07) is 0. The molecule has 2 saturated carbocycles. The molecule has 0 saturated heterocycles. The molecule has 126 valence electrons. The molecule has 0 aliphatic heterocycles. The second kappa shape index (κ2) is 5.20. The zero-order valence-electron chi connectivity index (χ0n) is 11.9. The van der Waals surface area contributed by atoms with Gasteiger partial charge in [0.2, 0.25) is 5.91 Å². The zero-order chi connectivity index (χ0) is 16.8. The highest BCUT2D eigenvalue weighted by molar-refractivity contribution is 6.02. The van der Waals surface area contributed by atoms with Gasteiger partial charge in [-0.25, -0.2) is 0 Å². The Morgan fingerprint density at radius 1 is 1.39 bits per heavy atom. The van der Waals surface area contributed by atoms with Gasteiger partial charge < -0.3 is 14.9 Å². The lowest BCUT2D eigenvalue weighted by Gasteiger charge is -2.31. The van der Waals surface area contributed by atoms with Crippen molar-refractivity contribution in [2.45, 2.75) is 38.4 Å². The lowest BCUT2D eigenvalue weighted by atomic mass is 9.72. The number of carboxylic acid groups (broad SMARTS) is 1. The molecule has 2 fully saturated rings. The van der Waals surface area contributed by atoms with E-state index >= 15 is 0 Å². The summed E-state index contributed by atoms with van der Waals surface area (Å²) in [7, 11) is 0. The van der Waals surface area contributed by atoms with E-state index in [0.717, 1.165) is 6.42 Å². The quantitative estimate of drug-likeness (QED) is 0.811. The van der Waals surface area contributed by atoms with E-state index in [0.29, 0.717) is 12.8 Å². The van der Waals surface area contributed by atoms with Crippen molar-refractivity contribution < 1.29 is 32.4 Å². The van der Waals surface area contributed by atoms with Gasteiger partial charge in [-0.2, -0.15) is 18.2 Å². The van der Waals surface area contributed by atoms with E-state index < -0.39 is 35.9 Å². The van der Waals surface area contributed by atoms with Gasteiger partial charge in [0, 0.05) is 0 Å². The Balaban J connectivity index is 1.69. The Morgan fingerprint density at radius 2 is 2.13 bits per heavy atom. The molecule has 10 heteroatoms. The molecule has 7 nitrogen and oxygen atoms in total. The molecule has 0 aromatic carbocycles. The number of nitrogens with one attached hydrogen (secondary N) is 1. The first-order valence-electron chi connectivity index (χ1n) is 7.15. The van der Waals surface area contributed by atoms with Crippen molar-refractivity contribution in [2.75, 3.05) is 0 Å². The molecule has 3 atom stereocenters. The number of fused-ring (bicyclic) bond motifs is 2. The Hall–Kier alpha value is -2.13. The van der Waals surface area contributed by atoms with Gasteiger partial charge in [-0.15, -0.1) is 0 Å². The fraction of sp³-hybridized carbons (Fsp3) is 0.692. The maximum Gasteiger partial charge on any atom is 0.471 e. The SMILES string of the molecule is O=C(O)C1(C(=O)NCc2noc(C(F)(F)F)n2)CC2CCC1C2. The average Bonchev–Trinajstić information content (AvgIpc) is 3.18. The Labute approximate surface area is 128 Å². The van der Waals surface area contributed by atoms with Crippen LogP contribution in [0.5, 0.6) is 0 Å². The van der Waals surface area contributed by atoms with Crippen molar-refractivity contribution in [2.24, 2.45) is 17.3 Å². The molecular weight excluding hydrogens is 319 g/mol. The van der Waals surface area contributed by atoms with Crippen LogP contribution in [0.3, 0.4) is 0 Å². The van der Waals surface area contributed by atoms with E-state index in [9.17, 15) is 27.9 Å². The number of carboxylic acids is 1. The second-order valence-corrected chi connectivity index (χ2v) is 6.05. The molecule has 1 aromatic heterocycles. The smallest absolute Gasteiger partial charge is 0.471 e. The summed E-state index contributed by atoms with van der Waals surface area (Å²) >= 11 is 0. The number of carbonyl (C=O) groups excluding carboxylic acids is 1. The van der Waals surface area contributed by atoms with Gasteiger partial charge in [-0.05, 0) is 31.1 Å². The Morgan fingerprint density at radius 3 is 2.61 bits per heavy atom. The molecule has 1 heterocycles. The van der Waals surface area contributed by atoms with E-state index in [1.165, 1.54) is 0 Å². The lowest BCUT2D eigenvalue weighted by molar-refractivity contribution is -0.160. The lowest BCUT2D eigenvalue weighted by Crippen LogP contribution is -2.49. The van der Waals surface area contributed by atoms with Gasteiger partial charge in [0.15, 0.2) is 5.82 Å². The first-order valence-corrected chi connectivity index (χ1v) is 7.15. The minimum Gasteiger partial charge on any atom is -0.480 e. The van der Waals surface area contributed by atoms with Crippen LogP contribution in [0.15, 0.2) is 4.52 Å². The number of aromatic nitrogens is 2. The molecule has 0 spiro atoms. The van der Waals surface area contributed by atoms with Crippen LogP contribution in [-0.2, 0) is 22.3 Å². The molecule has 0 radical (unpaired) electrons. The van der Waals surface area contributed by atoms with Crippen LogP contribution in [-0.4, -0.2) is 27.1 Å². The molecule has 2 aliphatic rings. The monoisotopic (exact) mass is 333 g/mol. The first kappa shape index (κ1) is 15.8. The largest absolute Gasteiger partial charge is 0.480 e. The average molecular weight is 333 g/mol. The van der Waals surface area contributed by atoms with Crippen LogP contribution in [0, 0.1) is 17.3 Å². The fourth-order valence-corrected chi connectivity index (χ4v) is 3.73. The zero-order valence-corrected chi connectivity index (χ0v) is 11.9. The number of rotatable bonds is 4. The van der Waals surface area contributed by atoms with Gasteiger partial charge >= 0.3 is 18.0 Å². The van der Waals surface area contributed by atoms with Crippen molar-refractivity contribution in [3.8, 4) is 0 Å². The predicted octanol–water partition coefficient (Wildman–Crippen LogP) is 1.60. The van der Waals surface area contributed by atoms with E-state index in [1.807, 2.05) is 0 Å². The Bertz CT molecular complexity index is 645. The maximum absolute atomic E-state index is 12.4. The highest BCUT2D eigenvalue weighted by Crippen LogP contribution is 2.56. The molecule has 1 amide bonds. The van der Waals surface area contributed by atoms with E-state index in [2.05, 4.69) is 20.0 Å². The topological polar surface area (TPSA) is 105 Å². The summed E-state index contributed by atoms with van der Waals surface area (Å²) in [5.74, 6) is -3.77. The van der Waals surface area contributed by atoms with Crippen LogP contribution in [0.2, 0.25) is 0 Å². The number of nitrogens with zero attached hydrogens (tertiary/aromatic N) is 2. The van der Waals surface area contributed by atoms with Crippen LogP contribution in [0.1, 0.15) is 37.4 Å². The summed E-state index contributed by atoms with van der Waals surface area (Å²) in [6.45, 7) is -0.412. The van der Waals surface area contributed by atoms with Gasteiger partial charge in [0.05, 0.1) is 6.54 Å². The third-order valence-electron chi connectivity index (χ3n) is 4.75. The summed E-state index contributed by atoms with van der Waals surface area (Å²) < 4.78 is 41.1. The molecule has 2 bridgehead atoms. The van der Waals surface area contributed by atoms with Crippen LogP contribution < -0.4 is 5.32 Å². The van der Waals surface area contributed by atoms with Gasteiger partial charge in [0.1, 0.15) is 5.41 Å². The van der Waals surface area contributed by atoms with Gasteiger partial charge in [-0.1, -0.05) is 11.6 Å². The van der Waals surface area contributed by atoms with Crippen molar-refractivity contribution in [1.82, 2.24) is 15.5 Å². The van der Waals surface area contributed by atoms with Crippen molar-refractivity contribution >= 4 is 11.9 Å². The fourth-order valence-electron chi connectivity index (χ4n) is 3.73. The first-order chi connectivity index (χ1) is 10.7. The van der Waals surface area contributed by atoms with Crippen molar-refractivity contribution in [3.63, 3.8) is 0 Å². The molecular formula is C13H14F3N3O4. The number of halogens is 3. The van der Waals surface area contributed by atoms with E-state index in [-0.39, 0.29) is 24.1 Å². The molecule has 3 unspecified atom stereocenters. The summed E-state index contributed by atoms with van der Waals surface area (Å²) in [5, 5.41) is 15.0. The molecule has 3 rings (SSSR count). The van der Waals surface area contributed by atoms with E-state index in [1.54, 1.807) is 0 Å². The molecule has 1 aromatic rings. The van der Waals surface area contributed by atoms with Crippen LogP contribution in [0.25, 0.3) is 0 Å². The normalized spacial score (nSPS) is 29.7. The van der Waals surface area contributed by atoms with Crippen molar-refractivity contribution in [1.29, 1.82) is 0 Å². The third-order valence-corrected chi connectivity index (χ3v) is 4.75. The summed E-state index contributed by atoms with van der Waals surface area (Å²) in [5.41, 5.74) is -1.50. The van der Waals surface area contributed by atoms with Gasteiger partial charge in [-0.3, -0.25) is 9.59 Å². The van der Waals surface area contributed by atoms with E-state index in [4.69, 9.17) is 0 Å². The number of hydrogen-bond acceptors (Lipinski definition) is 5. The van der Waals surface area contributed by atoms with Gasteiger partial charge in [0.25, 0.3) is 0 Å². The number of aliphatic carboxylic acids is 1. The summed E-state index contributed by atoms with van der Waals surface area (Å²) in [6.07, 6.45) is -2.22. The maximum atomic E-state index is 12.4.